The summed E-state index contributed by atoms with van der Waals surface area (Å²) in [6, 6.07) is 25.0. The summed E-state index contributed by atoms with van der Waals surface area (Å²) < 4.78 is 5.44. The van der Waals surface area contributed by atoms with E-state index in [1.54, 1.807) is 18.0 Å². The first-order valence-corrected chi connectivity index (χ1v) is 9.86. The van der Waals surface area contributed by atoms with E-state index in [0.29, 0.717) is 6.54 Å². The van der Waals surface area contributed by atoms with Gasteiger partial charge in [-0.05, 0) is 29.0 Å². The number of rotatable bonds is 7. The minimum atomic E-state index is 0.565. The van der Waals surface area contributed by atoms with Crippen molar-refractivity contribution >= 4 is 16.9 Å². The first-order valence-electron chi connectivity index (χ1n) is 8.87. The van der Waals surface area contributed by atoms with Crippen LogP contribution in [0.2, 0.25) is 0 Å². The van der Waals surface area contributed by atoms with E-state index in [4.69, 9.17) is 9.41 Å². The van der Waals surface area contributed by atoms with Crippen LogP contribution in [0.5, 0.6) is 0 Å². The molecule has 1 aromatic heterocycles. The van der Waals surface area contributed by atoms with Crippen LogP contribution in [0, 0.1) is 0 Å². The zero-order valence-electron chi connectivity index (χ0n) is 15.0. The molecule has 0 saturated carbocycles. The van der Waals surface area contributed by atoms with Gasteiger partial charge in [0.25, 0.3) is 0 Å². The molecule has 0 aliphatic heterocycles. The molecule has 0 unspecified atom stereocenters. The number of aliphatic imine (C=N–C) groups is 1. The fraction of sp³-hybridized carbons (Fsp3) is 0.227. The highest BCUT2D eigenvalue weighted by atomic mass is 32.2. The number of thioether (sulfide) groups is 1. The first kappa shape index (κ1) is 18.3. The Hall–Kier alpha value is -2.46. The molecule has 2 aromatic carbocycles. The maximum absolute atomic E-state index is 5.44. The zero-order chi connectivity index (χ0) is 18.0. The number of amidine groups is 1. The van der Waals surface area contributed by atoms with Crippen LogP contribution in [-0.2, 0) is 19.6 Å². The van der Waals surface area contributed by atoms with Crippen molar-refractivity contribution in [3.05, 3.63) is 95.9 Å². The fourth-order valence-corrected chi connectivity index (χ4v) is 3.44. The van der Waals surface area contributed by atoms with E-state index in [2.05, 4.69) is 72.5 Å². The molecule has 0 bridgehead atoms. The van der Waals surface area contributed by atoms with Crippen LogP contribution in [0.3, 0.4) is 0 Å². The van der Waals surface area contributed by atoms with E-state index in [0.717, 1.165) is 29.8 Å². The van der Waals surface area contributed by atoms with Gasteiger partial charge in [-0.3, -0.25) is 4.99 Å². The van der Waals surface area contributed by atoms with Gasteiger partial charge in [0, 0.05) is 13.1 Å². The highest BCUT2D eigenvalue weighted by molar-refractivity contribution is 8.13. The van der Waals surface area contributed by atoms with Crippen LogP contribution in [0.4, 0.5) is 0 Å². The lowest BCUT2D eigenvalue weighted by molar-refractivity contribution is 0.412. The Morgan fingerprint density at radius 1 is 0.885 bits per heavy atom. The summed E-state index contributed by atoms with van der Waals surface area (Å²) in [5.74, 6) is 1.87. The Bertz CT molecular complexity index is 744. The smallest absolute Gasteiger partial charge is 0.160 e. The quantitative estimate of drug-likeness (QED) is 0.404. The number of hydrogen-bond donors (Lipinski definition) is 0. The molecule has 1 heterocycles. The van der Waals surface area contributed by atoms with Gasteiger partial charge in [-0.2, -0.15) is 0 Å². The van der Waals surface area contributed by atoms with Crippen LogP contribution in [0.25, 0.3) is 0 Å². The lowest BCUT2D eigenvalue weighted by Crippen LogP contribution is -2.28. The molecular formula is C22H24N2OS. The Morgan fingerprint density at radius 2 is 1.50 bits per heavy atom. The molecule has 0 amide bonds. The molecule has 0 radical (unpaired) electrons. The second-order valence-corrected chi connectivity index (χ2v) is 7.17. The standard InChI is InChI=1S/C22H24N2OS/c1-2-26-22(23-16-21-14-9-15-25-21)24(17-19-10-5-3-6-11-19)18-20-12-7-4-8-13-20/h3-15H,2,16-18H2,1H3. The summed E-state index contributed by atoms with van der Waals surface area (Å²) in [6.45, 7) is 4.39. The van der Waals surface area contributed by atoms with Crippen molar-refractivity contribution in [2.24, 2.45) is 4.99 Å². The predicted molar refractivity (Wildman–Crippen MR) is 110 cm³/mol. The molecule has 0 atom stereocenters. The summed E-state index contributed by atoms with van der Waals surface area (Å²) in [6.07, 6.45) is 1.70. The van der Waals surface area contributed by atoms with Crippen LogP contribution >= 0.6 is 11.8 Å². The molecule has 4 heteroatoms. The second kappa shape index (κ2) is 9.88. The third-order valence-corrected chi connectivity index (χ3v) is 4.86. The van der Waals surface area contributed by atoms with E-state index in [1.165, 1.54) is 11.1 Å². The van der Waals surface area contributed by atoms with Crippen LogP contribution < -0.4 is 0 Å². The molecule has 0 aliphatic carbocycles. The largest absolute Gasteiger partial charge is 0.467 e. The predicted octanol–water partition coefficient (Wildman–Crippen LogP) is 5.59. The van der Waals surface area contributed by atoms with Gasteiger partial charge in [-0.1, -0.05) is 79.3 Å². The fourth-order valence-electron chi connectivity index (χ4n) is 2.71. The normalized spacial score (nSPS) is 11.5. The van der Waals surface area contributed by atoms with E-state index >= 15 is 0 Å². The van der Waals surface area contributed by atoms with Gasteiger partial charge in [-0.15, -0.1) is 0 Å². The number of nitrogens with zero attached hydrogens (tertiary/aromatic N) is 2. The molecule has 3 aromatic rings. The third-order valence-electron chi connectivity index (χ3n) is 3.93. The Morgan fingerprint density at radius 3 is 2.00 bits per heavy atom. The lowest BCUT2D eigenvalue weighted by Gasteiger charge is -2.26. The Labute approximate surface area is 159 Å². The van der Waals surface area contributed by atoms with Gasteiger partial charge in [0.05, 0.1) is 12.8 Å². The summed E-state index contributed by atoms with van der Waals surface area (Å²) >= 11 is 1.78. The number of hydrogen-bond acceptors (Lipinski definition) is 3. The highest BCUT2D eigenvalue weighted by Gasteiger charge is 2.13. The van der Waals surface area contributed by atoms with Gasteiger partial charge in [0.1, 0.15) is 5.76 Å². The van der Waals surface area contributed by atoms with Gasteiger partial charge >= 0.3 is 0 Å². The van der Waals surface area contributed by atoms with Crippen molar-refractivity contribution in [3.63, 3.8) is 0 Å². The first-order chi connectivity index (χ1) is 12.8. The summed E-state index contributed by atoms with van der Waals surface area (Å²) in [7, 11) is 0. The van der Waals surface area contributed by atoms with Gasteiger partial charge < -0.3 is 9.32 Å². The molecule has 26 heavy (non-hydrogen) atoms. The third kappa shape index (κ3) is 5.53. The molecule has 0 N–H and O–H groups in total. The van der Waals surface area contributed by atoms with Crippen molar-refractivity contribution in [1.29, 1.82) is 0 Å². The number of benzene rings is 2. The minimum Gasteiger partial charge on any atom is -0.467 e. The SMILES string of the molecule is CCSC(=NCc1ccco1)N(Cc1ccccc1)Cc1ccccc1. The van der Waals surface area contributed by atoms with Crippen molar-refractivity contribution < 1.29 is 4.42 Å². The molecular weight excluding hydrogens is 340 g/mol. The Balaban J connectivity index is 1.83. The molecule has 3 rings (SSSR count). The monoisotopic (exact) mass is 364 g/mol. The van der Waals surface area contributed by atoms with Gasteiger partial charge in [-0.25, -0.2) is 0 Å². The van der Waals surface area contributed by atoms with Gasteiger partial charge in [0.2, 0.25) is 0 Å². The molecule has 0 aliphatic rings. The second-order valence-electron chi connectivity index (χ2n) is 5.94. The van der Waals surface area contributed by atoms with Crippen molar-refractivity contribution in [1.82, 2.24) is 4.90 Å². The van der Waals surface area contributed by atoms with Gasteiger partial charge in [0.15, 0.2) is 5.17 Å². The summed E-state index contributed by atoms with van der Waals surface area (Å²) in [5, 5.41) is 1.05. The molecule has 134 valence electrons. The zero-order valence-corrected chi connectivity index (χ0v) is 15.9. The van der Waals surface area contributed by atoms with Crippen molar-refractivity contribution in [2.45, 2.75) is 26.6 Å². The molecule has 0 fully saturated rings. The molecule has 0 saturated heterocycles. The topological polar surface area (TPSA) is 28.7 Å². The number of furan rings is 1. The van der Waals surface area contributed by atoms with Crippen LogP contribution in [-0.4, -0.2) is 15.8 Å². The average molecular weight is 365 g/mol. The van der Waals surface area contributed by atoms with Crippen molar-refractivity contribution in [2.75, 3.05) is 5.75 Å². The summed E-state index contributed by atoms with van der Waals surface area (Å²) in [4.78, 5) is 7.21. The Kier molecular flexibility index (Phi) is 6.96. The lowest BCUT2D eigenvalue weighted by atomic mass is 10.2. The minimum absolute atomic E-state index is 0.565. The van der Waals surface area contributed by atoms with E-state index in [1.807, 2.05) is 12.1 Å². The van der Waals surface area contributed by atoms with Crippen molar-refractivity contribution in [3.8, 4) is 0 Å². The maximum atomic E-state index is 5.44. The van der Waals surface area contributed by atoms with Crippen LogP contribution in [0.1, 0.15) is 23.8 Å². The molecule has 0 spiro atoms. The highest BCUT2D eigenvalue weighted by Crippen LogP contribution is 2.18. The average Bonchev–Trinajstić information content (AvgIpc) is 3.20. The van der Waals surface area contributed by atoms with Crippen LogP contribution in [0.15, 0.2) is 88.5 Å². The maximum Gasteiger partial charge on any atom is 0.160 e. The van der Waals surface area contributed by atoms with E-state index < -0.39 is 0 Å². The van der Waals surface area contributed by atoms with E-state index in [9.17, 15) is 0 Å². The van der Waals surface area contributed by atoms with E-state index in [-0.39, 0.29) is 0 Å². The summed E-state index contributed by atoms with van der Waals surface area (Å²) in [5.41, 5.74) is 2.57. The molecule has 3 nitrogen and oxygen atoms in total.